The maximum Gasteiger partial charge on any atom is 0.0469 e. The summed E-state index contributed by atoms with van der Waals surface area (Å²) in [7, 11) is 0. The summed E-state index contributed by atoms with van der Waals surface area (Å²) in [6, 6.07) is 15.9. The highest BCUT2D eigenvalue weighted by atomic mass is 16.5. The van der Waals surface area contributed by atoms with Gasteiger partial charge in [-0.25, -0.2) is 0 Å². The second-order valence-corrected chi connectivity index (χ2v) is 5.96. The van der Waals surface area contributed by atoms with E-state index in [1.54, 1.807) is 0 Å². The molecular formula is C19H25NO. The zero-order chi connectivity index (χ0) is 14.5. The van der Waals surface area contributed by atoms with E-state index in [1.807, 2.05) is 0 Å². The lowest BCUT2D eigenvalue weighted by Gasteiger charge is -2.31. The molecule has 1 atom stereocenters. The minimum atomic E-state index is 0.560. The Morgan fingerprint density at radius 2 is 1.86 bits per heavy atom. The summed E-state index contributed by atoms with van der Waals surface area (Å²) >= 11 is 0. The number of benzene rings is 2. The molecule has 3 rings (SSSR count). The largest absolute Gasteiger partial charge is 0.381 e. The summed E-state index contributed by atoms with van der Waals surface area (Å²) in [4.78, 5) is 0. The predicted molar refractivity (Wildman–Crippen MR) is 88.7 cm³/mol. The molecule has 2 aromatic carbocycles. The van der Waals surface area contributed by atoms with Crippen LogP contribution < -0.4 is 5.32 Å². The quantitative estimate of drug-likeness (QED) is 0.901. The Morgan fingerprint density at radius 3 is 2.67 bits per heavy atom. The number of likely N-dealkylation sites (N-methyl/N-ethyl adjacent to an activating group) is 1. The summed E-state index contributed by atoms with van der Waals surface area (Å²) in [5.74, 6) is 0.734. The molecule has 0 amide bonds. The SMILES string of the molecule is CCNC(Cc1cccc2ccccc12)C1CCOCC1. The number of fused-ring (bicyclic) bond motifs is 1. The average Bonchev–Trinajstić information content (AvgIpc) is 2.55. The third-order valence-corrected chi connectivity index (χ3v) is 4.62. The number of rotatable bonds is 5. The first kappa shape index (κ1) is 14.6. The molecule has 0 saturated carbocycles. The Labute approximate surface area is 127 Å². The standard InChI is InChI=1S/C19H25NO/c1-2-20-19(16-10-12-21-13-11-16)14-17-8-5-7-15-6-3-4-9-18(15)17/h3-9,16,19-20H,2,10-14H2,1H3. The van der Waals surface area contributed by atoms with Crippen LogP contribution >= 0.6 is 0 Å². The molecule has 2 aromatic rings. The van der Waals surface area contributed by atoms with E-state index >= 15 is 0 Å². The summed E-state index contributed by atoms with van der Waals surface area (Å²) in [5.41, 5.74) is 1.46. The minimum Gasteiger partial charge on any atom is -0.381 e. The van der Waals surface area contributed by atoms with Crippen LogP contribution in [0.15, 0.2) is 42.5 Å². The van der Waals surface area contributed by atoms with Crippen molar-refractivity contribution in [3.05, 3.63) is 48.0 Å². The van der Waals surface area contributed by atoms with Crippen LogP contribution in [0.1, 0.15) is 25.3 Å². The molecule has 0 aliphatic carbocycles. The number of hydrogen-bond acceptors (Lipinski definition) is 2. The van der Waals surface area contributed by atoms with Crippen LogP contribution in [0.4, 0.5) is 0 Å². The number of ether oxygens (including phenoxy) is 1. The van der Waals surface area contributed by atoms with Crippen molar-refractivity contribution in [3.8, 4) is 0 Å². The molecule has 2 heteroatoms. The number of nitrogens with one attached hydrogen (secondary N) is 1. The van der Waals surface area contributed by atoms with Crippen molar-refractivity contribution in [3.63, 3.8) is 0 Å². The first-order valence-electron chi connectivity index (χ1n) is 8.16. The molecule has 0 aromatic heterocycles. The molecule has 1 heterocycles. The van der Waals surface area contributed by atoms with E-state index in [0.29, 0.717) is 6.04 Å². The van der Waals surface area contributed by atoms with Gasteiger partial charge in [0.2, 0.25) is 0 Å². The van der Waals surface area contributed by atoms with Crippen molar-refractivity contribution in [1.82, 2.24) is 5.32 Å². The second kappa shape index (κ2) is 7.06. The molecule has 1 saturated heterocycles. The fourth-order valence-corrected chi connectivity index (χ4v) is 3.49. The molecule has 1 fully saturated rings. The highest BCUT2D eigenvalue weighted by Crippen LogP contribution is 2.25. The topological polar surface area (TPSA) is 21.3 Å². The van der Waals surface area contributed by atoms with E-state index in [4.69, 9.17) is 4.74 Å². The lowest BCUT2D eigenvalue weighted by Crippen LogP contribution is -2.40. The van der Waals surface area contributed by atoms with Crippen LogP contribution in [-0.4, -0.2) is 25.8 Å². The maximum atomic E-state index is 5.52. The van der Waals surface area contributed by atoms with Gasteiger partial charge >= 0.3 is 0 Å². The van der Waals surface area contributed by atoms with Crippen LogP contribution in [0.2, 0.25) is 0 Å². The van der Waals surface area contributed by atoms with Crippen molar-refractivity contribution in [2.75, 3.05) is 19.8 Å². The van der Waals surface area contributed by atoms with Crippen molar-refractivity contribution >= 4 is 10.8 Å². The van der Waals surface area contributed by atoms with Gasteiger partial charge < -0.3 is 10.1 Å². The molecule has 21 heavy (non-hydrogen) atoms. The maximum absolute atomic E-state index is 5.52. The zero-order valence-corrected chi connectivity index (χ0v) is 12.8. The van der Waals surface area contributed by atoms with Gasteiger partial charge in [0.1, 0.15) is 0 Å². The van der Waals surface area contributed by atoms with Gasteiger partial charge in [-0.1, -0.05) is 49.4 Å². The smallest absolute Gasteiger partial charge is 0.0469 e. The van der Waals surface area contributed by atoms with Gasteiger partial charge in [0, 0.05) is 19.3 Å². The van der Waals surface area contributed by atoms with Crippen LogP contribution in [0.5, 0.6) is 0 Å². The first-order valence-corrected chi connectivity index (χ1v) is 8.16. The normalized spacial score (nSPS) is 18.0. The molecule has 112 valence electrons. The highest BCUT2D eigenvalue weighted by molar-refractivity contribution is 5.85. The molecule has 1 aliphatic rings. The molecule has 1 unspecified atom stereocenters. The van der Waals surface area contributed by atoms with Crippen molar-refractivity contribution in [2.45, 2.75) is 32.2 Å². The van der Waals surface area contributed by atoms with Gasteiger partial charge in [0.15, 0.2) is 0 Å². The van der Waals surface area contributed by atoms with Crippen LogP contribution in [0.25, 0.3) is 10.8 Å². The van der Waals surface area contributed by atoms with E-state index in [2.05, 4.69) is 54.7 Å². The molecular weight excluding hydrogens is 258 g/mol. The van der Waals surface area contributed by atoms with Gasteiger partial charge in [0.25, 0.3) is 0 Å². The highest BCUT2D eigenvalue weighted by Gasteiger charge is 2.23. The van der Waals surface area contributed by atoms with Gasteiger partial charge in [-0.3, -0.25) is 0 Å². The summed E-state index contributed by atoms with van der Waals surface area (Å²) in [6.45, 7) is 5.08. The van der Waals surface area contributed by atoms with E-state index in [1.165, 1.54) is 29.2 Å². The lowest BCUT2D eigenvalue weighted by molar-refractivity contribution is 0.0540. The molecule has 0 bridgehead atoms. The van der Waals surface area contributed by atoms with Gasteiger partial charge in [-0.2, -0.15) is 0 Å². The van der Waals surface area contributed by atoms with E-state index in [-0.39, 0.29) is 0 Å². The minimum absolute atomic E-state index is 0.560. The monoisotopic (exact) mass is 283 g/mol. The van der Waals surface area contributed by atoms with Crippen LogP contribution in [0.3, 0.4) is 0 Å². The van der Waals surface area contributed by atoms with Crippen molar-refractivity contribution in [1.29, 1.82) is 0 Å². The Bertz CT molecular complexity index is 569. The predicted octanol–water partition coefficient (Wildman–Crippen LogP) is 3.79. The van der Waals surface area contributed by atoms with Crippen LogP contribution in [-0.2, 0) is 11.2 Å². The Morgan fingerprint density at radius 1 is 1.10 bits per heavy atom. The number of hydrogen-bond donors (Lipinski definition) is 1. The second-order valence-electron chi connectivity index (χ2n) is 5.96. The zero-order valence-electron chi connectivity index (χ0n) is 12.8. The van der Waals surface area contributed by atoms with Crippen molar-refractivity contribution in [2.24, 2.45) is 5.92 Å². The van der Waals surface area contributed by atoms with Gasteiger partial charge in [0.05, 0.1) is 0 Å². The Balaban J connectivity index is 1.83. The van der Waals surface area contributed by atoms with E-state index < -0.39 is 0 Å². The van der Waals surface area contributed by atoms with E-state index in [0.717, 1.165) is 32.1 Å². The fraction of sp³-hybridized carbons (Fsp3) is 0.474. The van der Waals surface area contributed by atoms with E-state index in [9.17, 15) is 0 Å². The first-order chi connectivity index (χ1) is 10.4. The third kappa shape index (κ3) is 3.45. The molecule has 0 radical (unpaired) electrons. The molecule has 2 nitrogen and oxygen atoms in total. The summed E-state index contributed by atoms with van der Waals surface area (Å²) in [5, 5.41) is 6.45. The third-order valence-electron chi connectivity index (χ3n) is 4.62. The Kier molecular flexibility index (Phi) is 4.89. The fourth-order valence-electron chi connectivity index (χ4n) is 3.49. The van der Waals surface area contributed by atoms with Gasteiger partial charge in [-0.15, -0.1) is 0 Å². The average molecular weight is 283 g/mol. The molecule has 1 N–H and O–H groups in total. The lowest BCUT2D eigenvalue weighted by atomic mass is 9.86. The Hall–Kier alpha value is -1.38. The summed E-state index contributed by atoms with van der Waals surface area (Å²) < 4.78 is 5.52. The van der Waals surface area contributed by atoms with Crippen LogP contribution in [0, 0.1) is 5.92 Å². The van der Waals surface area contributed by atoms with Gasteiger partial charge in [-0.05, 0) is 48.1 Å². The van der Waals surface area contributed by atoms with Crippen molar-refractivity contribution < 1.29 is 4.74 Å². The molecule has 0 spiro atoms. The molecule has 1 aliphatic heterocycles. The summed E-state index contributed by atoms with van der Waals surface area (Å²) in [6.07, 6.45) is 3.48.